The van der Waals surface area contributed by atoms with E-state index >= 15 is 0 Å². The third-order valence-corrected chi connectivity index (χ3v) is 3.42. The Kier molecular flexibility index (Phi) is 6.78. The highest BCUT2D eigenvalue weighted by molar-refractivity contribution is 6.18. The third kappa shape index (κ3) is 5.66. The Bertz CT molecular complexity index is 233. The highest BCUT2D eigenvalue weighted by Crippen LogP contribution is 2.26. The Morgan fingerprint density at radius 2 is 1.94 bits per heavy atom. The van der Waals surface area contributed by atoms with Gasteiger partial charge in [0, 0.05) is 18.8 Å². The van der Waals surface area contributed by atoms with Gasteiger partial charge in [-0.3, -0.25) is 4.79 Å². The molecule has 0 unspecified atom stereocenters. The summed E-state index contributed by atoms with van der Waals surface area (Å²) in [5, 5.41) is 0. The van der Waals surface area contributed by atoms with Gasteiger partial charge in [0.25, 0.3) is 6.43 Å². The number of carbonyl (C=O) groups excluding carboxylic acids is 1. The Labute approximate surface area is 106 Å². The van der Waals surface area contributed by atoms with Gasteiger partial charge in [-0.2, -0.15) is 0 Å². The summed E-state index contributed by atoms with van der Waals surface area (Å²) in [5.41, 5.74) is 0. The molecule has 0 aromatic rings. The summed E-state index contributed by atoms with van der Waals surface area (Å²) < 4.78 is 24.6. The second-order valence-corrected chi connectivity index (χ2v) is 5.01. The number of hydrogen-bond acceptors (Lipinski definition) is 1. The molecule has 0 atom stereocenters. The first-order valence-corrected chi connectivity index (χ1v) is 6.78. The molecule has 1 amide bonds. The van der Waals surface area contributed by atoms with Gasteiger partial charge in [0.2, 0.25) is 5.91 Å². The lowest BCUT2D eigenvalue weighted by atomic mass is 9.86. The van der Waals surface area contributed by atoms with E-state index in [1.807, 2.05) is 0 Å². The maximum Gasteiger partial charge on any atom is 0.255 e. The van der Waals surface area contributed by atoms with Crippen molar-refractivity contribution in [2.75, 3.05) is 19.0 Å². The highest BCUT2D eigenvalue weighted by atomic mass is 35.5. The molecule has 1 aliphatic carbocycles. The van der Waals surface area contributed by atoms with Crippen LogP contribution in [0.25, 0.3) is 0 Å². The summed E-state index contributed by atoms with van der Waals surface area (Å²) in [6.07, 6.45) is 3.57. The van der Waals surface area contributed by atoms with Gasteiger partial charge in [0.1, 0.15) is 0 Å². The van der Waals surface area contributed by atoms with E-state index < -0.39 is 13.0 Å². The van der Waals surface area contributed by atoms with Gasteiger partial charge in [-0.15, -0.1) is 11.6 Å². The Morgan fingerprint density at radius 3 is 2.47 bits per heavy atom. The molecule has 5 heteroatoms. The number of rotatable bonds is 6. The Balaban J connectivity index is 2.39. The van der Waals surface area contributed by atoms with Crippen LogP contribution in [0, 0.1) is 5.92 Å². The van der Waals surface area contributed by atoms with Gasteiger partial charge in [-0.25, -0.2) is 8.78 Å². The molecule has 100 valence electrons. The van der Waals surface area contributed by atoms with Crippen molar-refractivity contribution in [3.63, 3.8) is 0 Å². The maximum atomic E-state index is 12.3. The molecule has 17 heavy (non-hydrogen) atoms. The van der Waals surface area contributed by atoms with Crippen LogP contribution in [-0.2, 0) is 4.79 Å². The second-order valence-electron chi connectivity index (χ2n) is 4.63. The predicted octanol–water partition coefficient (Wildman–Crippen LogP) is 3.29. The largest absolute Gasteiger partial charge is 0.336 e. The minimum absolute atomic E-state index is 0.169. The van der Waals surface area contributed by atoms with Gasteiger partial charge in [0.15, 0.2) is 0 Å². The normalized spacial score (nSPS) is 17.4. The maximum absolute atomic E-state index is 12.3. The van der Waals surface area contributed by atoms with Crippen molar-refractivity contribution in [2.45, 2.75) is 45.0 Å². The van der Waals surface area contributed by atoms with Crippen molar-refractivity contribution >= 4 is 17.5 Å². The fourth-order valence-corrected chi connectivity index (χ4v) is 2.56. The molecule has 0 spiro atoms. The van der Waals surface area contributed by atoms with E-state index in [2.05, 4.69) is 0 Å². The lowest BCUT2D eigenvalue weighted by Gasteiger charge is -2.26. The molecule has 0 N–H and O–H groups in total. The lowest BCUT2D eigenvalue weighted by molar-refractivity contribution is -0.134. The standard InChI is InChI=1S/C12H20ClF2NO/c13-6-7-16(9-11(14)15)12(17)8-10-4-2-1-3-5-10/h10-11H,1-9H2. The molecule has 2 nitrogen and oxygen atoms in total. The summed E-state index contributed by atoms with van der Waals surface area (Å²) in [6, 6.07) is 0. The first-order chi connectivity index (χ1) is 8.13. The fraction of sp³-hybridized carbons (Fsp3) is 0.917. The summed E-state index contributed by atoms with van der Waals surface area (Å²) in [4.78, 5) is 13.1. The molecule has 0 radical (unpaired) electrons. The van der Waals surface area contributed by atoms with Crippen LogP contribution in [0.1, 0.15) is 38.5 Å². The van der Waals surface area contributed by atoms with E-state index in [9.17, 15) is 13.6 Å². The van der Waals surface area contributed by atoms with Crippen LogP contribution >= 0.6 is 11.6 Å². The van der Waals surface area contributed by atoms with Crippen LogP contribution in [0.3, 0.4) is 0 Å². The average Bonchev–Trinajstić information content (AvgIpc) is 2.29. The Hall–Kier alpha value is -0.380. The molecule has 0 aromatic carbocycles. The molecular formula is C12H20ClF2NO. The fourth-order valence-electron chi connectivity index (χ4n) is 2.35. The van der Waals surface area contributed by atoms with Crippen molar-refractivity contribution in [3.05, 3.63) is 0 Å². The first kappa shape index (κ1) is 14.7. The van der Waals surface area contributed by atoms with Crippen molar-refractivity contribution in [3.8, 4) is 0 Å². The molecule has 1 rings (SSSR count). The molecule has 0 bridgehead atoms. The minimum Gasteiger partial charge on any atom is -0.336 e. The zero-order valence-electron chi connectivity index (χ0n) is 10.0. The highest BCUT2D eigenvalue weighted by Gasteiger charge is 2.22. The zero-order chi connectivity index (χ0) is 12.7. The molecule has 0 aliphatic heterocycles. The van der Waals surface area contributed by atoms with Crippen molar-refractivity contribution in [2.24, 2.45) is 5.92 Å². The summed E-state index contributed by atoms with van der Waals surface area (Å²) in [6.45, 7) is -0.268. The van der Waals surface area contributed by atoms with E-state index in [0.717, 1.165) is 25.7 Å². The molecule has 1 saturated carbocycles. The summed E-state index contributed by atoms with van der Waals surface area (Å²) in [5.74, 6) is 0.424. The molecule has 0 saturated heterocycles. The van der Waals surface area contributed by atoms with Crippen LogP contribution in [0.4, 0.5) is 8.78 Å². The smallest absolute Gasteiger partial charge is 0.255 e. The number of halogens is 3. The lowest BCUT2D eigenvalue weighted by Crippen LogP contribution is -2.37. The number of amides is 1. The van der Waals surface area contributed by atoms with Crippen LogP contribution in [0.5, 0.6) is 0 Å². The van der Waals surface area contributed by atoms with Gasteiger partial charge < -0.3 is 4.90 Å². The van der Waals surface area contributed by atoms with Gasteiger partial charge in [0.05, 0.1) is 6.54 Å². The quantitative estimate of drug-likeness (QED) is 0.676. The number of carbonyl (C=O) groups is 1. The number of alkyl halides is 3. The van der Waals surface area contributed by atoms with E-state index in [1.165, 1.54) is 11.3 Å². The van der Waals surface area contributed by atoms with Crippen LogP contribution in [0.2, 0.25) is 0 Å². The van der Waals surface area contributed by atoms with Gasteiger partial charge in [-0.1, -0.05) is 19.3 Å². The molecule has 1 fully saturated rings. The van der Waals surface area contributed by atoms with E-state index in [1.54, 1.807) is 0 Å². The van der Waals surface area contributed by atoms with Crippen molar-refractivity contribution < 1.29 is 13.6 Å². The second kappa shape index (κ2) is 7.85. The zero-order valence-corrected chi connectivity index (χ0v) is 10.8. The Morgan fingerprint density at radius 1 is 1.29 bits per heavy atom. The number of nitrogens with zero attached hydrogens (tertiary/aromatic N) is 1. The third-order valence-electron chi connectivity index (χ3n) is 3.25. The topological polar surface area (TPSA) is 20.3 Å². The van der Waals surface area contributed by atoms with Gasteiger partial charge in [-0.05, 0) is 18.8 Å². The van der Waals surface area contributed by atoms with Crippen molar-refractivity contribution in [1.29, 1.82) is 0 Å². The first-order valence-electron chi connectivity index (χ1n) is 6.25. The minimum atomic E-state index is -2.48. The average molecular weight is 268 g/mol. The van der Waals surface area contributed by atoms with Gasteiger partial charge >= 0.3 is 0 Å². The van der Waals surface area contributed by atoms with E-state index in [-0.39, 0.29) is 18.3 Å². The molecule has 1 aliphatic rings. The molecule has 0 aromatic heterocycles. The van der Waals surface area contributed by atoms with E-state index in [0.29, 0.717) is 12.3 Å². The summed E-state index contributed by atoms with van der Waals surface area (Å²) >= 11 is 5.53. The summed E-state index contributed by atoms with van der Waals surface area (Å²) in [7, 11) is 0. The van der Waals surface area contributed by atoms with Crippen LogP contribution in [0.15, 0.2) is 0 Å². The van der Waals surface area contributed by atoms with Crippen LogP contribution in [-0.4, -0.2) is 36.2 Å². The molecular weight excluding hydrogens is 248 g/mol. The SMILES string of the molecule is O=C(CC1CCCCC1)N(CCCl)CC(F)F. The monoisotopic (exact) mass is 267 g/mol. The number of hydrogen-bond donors (Lipinski definition) is 0. The van der Waals surface area contributed by atoms with Crippen molar-refractivity contribution in [1.82, 2.24) is 4.90 Å². The van der Waals surface area contributed by atoms with Crippen LogP contribution < -0.4 is 0 Å². The predicted molar refractivity (Wildman–Crippen MR) is 64.5 cm³/mol. The van der Waals surface area contributed by atoms with E-state index in [4.69, 9.17) is 11.6 Å². The molecule has 0 heterocycles.